The van der Waals surface area contributed by atoms with Crippen LogP contribution in [0.25, 0.3) is 0 Å². The average Bonchev–Trinajstić information content (AvgIpc) is 2.44. The second kappa shape index (κ2) is 6.40. The number of phenols is 1. The van der Waals surface area contributed by atoms with Crippen LogP contribution in [0.5, 0.6) is 5.75 Å². The summed E-state index contributed by atoms with van der Waals surface area (Å²) >= 11 is 0. The molecule has 0 radical (unpaired) electrons. The van der Waals surface area contributed by atoms with Gasteiger partial charge in [-0.2, -0.15) is 5.10 Å². The summed E-state index contributed by atoms with van der Waals surface area (Å²) in [7, 11) is 0. The van der Waals surface area contributed by atoms with Gasteiger partial charge in [0.05, 0.1) is 11.9 Å². The maximum Gasteiger partial charge on any atom is 0.127 e. The number of nitrogens with zero attached hydrogens (tertiary/aromatic N) is 1. The third kappa shape index (κ3) is 3.45. The van der Waals surface area contributed by atoms with Crippen LogP contribution in [-0.2, 0) is 6.42 Å². The minimum absolute atomic E-state index is 0.251. The molecule has 0 atom stereocenters. The Bertz CT molecular complexity index is 577. The maximum absolute atomic E-state index is 10.1. The summed E-state index contributed by atoms with van der Waals surface area (Å²) in [6.45, 7) is 3.67. The molecule has 0 aliphatic carbocycles. The number of para-hydroxylation sites is 2. The number of benzene rings is 2. The van der Waals surface area contributed by atoms with Crippen molar-refractivity contribution in [3.8, 4) is 5.75 Å². The summed E-state index contributed by atoms with van der Waals surface area (Å²) in [4.78, 5) is 0. The Morgan fingerprint density at radius 1 is 1.11 bits per heavy atom. The van der Waals surface area contributed by atoms with E-state index in [1.165, 1.54) is 0 Å². The van der Waals surface area contributed by atoms with Crippen LogP contribution in [0.15, 0.2) is 66.3 Å². The molecule has 2 aromatic rings. The lowest BCUT2D eigenvalue weighted by Crippen LogP contribution is -1.92. The van der Waals surface area contributed by atoms with Crippen molar-refractivity contribution in [1.82, 2.24) is 0 Å². The lowest BCUT2D eigenvalue weighted by molar-refractivity contribution is 0.469. The number of hydrogen-bond donors (Lipinski definition) is 2. The third-order valence-corrected chi connectivity index (χ3v) is 2.69. The zero-order valence-corrected chi connectivity index (χ0v) is 10.6. The topological polar surface area (TPSA) is 44.6 Å². The van der Waals surface area contributed by atoms with Crippen molar-refractivity contribution in [1.29, 1.82) is 0 Å². The highest BCUT2D eigenvalue weighted by Crippen LogP contribution is 2.21. The highest BCUT2D eigenvalue weighted by molar-refractivity contribution is 5.84. The van der Waals surface area contributed by atoms with Gasteiger partial charge in [-0.25, -0.2) is 0 Å². The van der Waals surface area contributed by atoms with Crippen molar-refractivity contribution >= 4 is 11.9 Å². The first kappa shape index (κ1) is 12.9. The minimum atomic E-state index is 0.251. The van der Waals surface area contributed by atoms with Gasteiger partial charge in [-0.15, -0.1) is 6.58 Å². The predicted molar refractivity (Wildman–Crippen MR) is 79.7 cm³/mol. The zero-order chi connectivity index (χ0) is 13.5. The smallest absolute Gasteiger partial charge is 0.127 e. The van der Waals surface area contributed by atoms with Crippen LogP contribution >= 0.6 is 0 Å². The summed E-state index contributed by atoms with van der Waals surface area (Å²) < 4.78 is 0. The largest absolute Gasteiger partial charge is 0.507 e. The molecular weight excluding hydrogens is 236 g/mol. The van der Waals surface area contributed by atoms with Crippen molar-refractivity contribution in [2.45, 2.75) is 6.42 Å². The quantitative estimate of drug-likeness (QED) is 0.485. The van der Waals surface area contributed by atoms with Crippen molar-refractivity contribution < 1.29 is 5.11 Å². The van der Waals surface area contributed by atoms with E-state index in [1.807, 2.05) is 48.5 Å². The second-order valence-corrected chi connectivity index (χ2v) is 4.08. The molecule has 0 bridgehead atoms. The number of allylic oxidation sites excluding steroid dienone is 1. The SMILES string of the molecule is C=CCc1cccc(C=NNc2ccccc2)c1O. The highest BCUT2D eigenvalue weighted by atomic mass is 16.3. The number of aromatic hydroxyl groups is 1. The van der Waals surface area contributed by atoms with Gasteiger partial charge in [0.25, 0.3) is 0 Å². The first-order valence-corrected chi connectivity index (χ1v) is 6.07. The van der Waals surface area contributed by atoms with Gasteiger partial charge >= 0.3 is 0 Å². The Hall–Kier alpha value is -2.55. The molecule has 0 saturated heterocycles. The minimum Gasteiger partial charge on any atom is -0.507 e. The van der Waals surface area contributed by atoms with E-state index in [9.17, 15) is 5.11 Å². The normalized spacial score (nSPS) is 10.5. The summed E-state index contributed by atoms with van der Waals surface area (Å²) in [5, 5.41) is 14.2. The lowest BCUT2D eigenvalue weighted by Gasteiger charge is -2.04. The molecule has 96 valence electrons. The average molecular weight is 252 g/mol. The van der Waals surface area contributed by atoms with Crippen LogP contribution in [0, 0.1) is 0 Å². The molecule has 19 heavy (non-hydrogen) atoms. The molecule has 0 spiro atoms. The number of phenolic OH excluding ortho intramolecular Hbond substituents is 1. The molecule has 2 aromatic carbocycles. The molecule has 2 rings (SSSR count). The summed E-state index contributed by atoms with van der Waals surface area (Å²) in [6, 6.07) is 15.2. The van der Waals surface area contributed by atoms with Crippen molar-refractivity contribution in [3.05, 3.63) is 72.3 Å². The molecule has 0 fully saturated rings. The van der Waals surface area contributed by atoms with Crippen LogP contribution in [0.2, 0.25) is 0 Å². The van der Waals surface area contributed by atoms with Crippen LogP contribution in [0.4, 0.5) is 5.69 Å². The van der Waals surface area contributed by atoms with Gasteiger partial charge in [0.2, 0.25) is 0 Å². The van der Waals surface area contributed by atoms with E-state index in [0.717, 1.165) is 11.3 Å². The first-order valence-electron chi connectivity index (χ1n) is 6.07. The van der Waals surface area contributed by atoms with E-state index in [4.69, 9.17) is 0 Å². The zero-order valence-electron chi connectivity index (χ0n) is 10.6. The Kier molecular flexibility index (Phi) is 4.34. The molecule has 0 heterocycles. The first-order chi connectivity index (χ1) is 9.31. The molecule has 0 aromatic heterocycles. The van der Waals surface area contributed by atoms with Gasteiger partial charge in [-0.3, -0.25) is 5.43 Å². The van der Waals surface area contributed by atoms with E-state index in [-0.39, 0.29) is 5.75 Å². The Balaban J connectivity index is 2.10. The fourth-order valence-electron chi connectivity index (χ4n) is 1.72. The summed E-state index contributed by atoms with van der Waals surface area (Å²) in [5.74, 6) is 0.251. The van der Waals surface area contributed by atoms with E-state index in [1.54, 1.807) is 12.3 Å². The van der Waals surface area contributed by atoms with Crippen molar-refractivity contribution in [2.24, 2.45) is 5.10 Å². The van der Waals surface area contributed by atoms with E-state index >= 15 is 0 Å². The van der Waals surface area contributed by atoms with Crippen LogP contribution in [-0.4, -0.2) is 11.3 Å². The van der Waals surface area contributed by atoms with E-state index in [2.05, 4.69) is 17.1 Å². The molecule has 3 heteroatoms. The van der Waals surface area contributed by atoms with Gasteiger partial charge in [0.15, 0.2) is 0 Å². The predicted octanol–water partition coefficient (Wildman–Crippen LogP) is 3.57. The van der Waals surface area contributed by atoms with E-state index in [0.29, 0.717) is 12.0 Å². The molecule has 0 aliphatic rings. The maximum atomic E-state index is 10.1. The number of anilines is 1. The third-order valence-electron chi connectivity index (χ3n) is 2.69. The Morgan fingerprint density at radius 2 is 1.89 bits per heavy atom. The van der Waals surface area contributed by atoms with E-state index < -0.39 is 0 Å². The number of hydrazone groups is 1. The number of rotatable bonds is 5. The Morgan fingerprint density at radius 3 is 2.63 bits per heavy atom. The molecule has 0 unspecified atom stereocenters. The number of hydrogen-bond acceptors (Lipinski definition) is 3. The summed E-state index contributed by atoms with van der Waals surface area (Å²) in [6.07, 6.45) is 4.01. The molecule has 0 amide bonds. The van der Waals surface area contributed by atoms with Crippen molar-refractivity contribution in [2.75, 3.05) is 5.43 Å². The van der Waals surface area contributed by atoms with Gasteiger partial charge in [-0.1, -0.05) is 36.4 Å². The molecule has 2 N–H and O–H groups in total. The molecular formula is C16H16N2O. The molecule has 0 saturated carbocycles. The fourth-order valence-corrected chi connectivity index (χ4v) is 1.72. The second-order valence-electron chi connectivity index (χ2n) is 4.08. The van der Waals surface area contributed by atoms with Gasteiger partial charge in [0.1, 0.15) is 5.75 Å². The standard InChI is InChI=1S/C16H16N2O/c1-2-7-13-8-6-9-14(16(13)19)12-17-18-15-10-4-3-5-11-15/h2-6,8-12,18-19H,1,7H2. The van der Waals surface area contributed by atoms with Crippen LogP contribution < -0.4 is 5.43 Å². The Labute approximate surface area is 112 Å². The fraction of sp³-hybridized carbons (Fsp3) is 0.0625. The summed E-state index contributed by atoms with van der Waals surface area (Å²) in [5.41, 5.74) is 5.34. The molecule has 3 nitrogen and oxygen atoms in total. The number of nitrogens with one attached hydrogen (secondary N) is 1. The van der Waals surface area contributed by atoms with Crippen LogP contribution in [0.3, 0.4) is 0 Å². The van der Waals surface area contributed by atoms with Gasteiger partial charge in [0, 0.05) is 5.56 Å². The van der Waals surface area contributed by atoms with Gasteiger partial charge < -0.3 is 5.11 Å². The lowest BCUT2D eigenvalue weighted by atomic mass is 10.1. The molecule has 0 aliphatic heterocycles. The van der Waals surface area contributed by atoms with Crippen LogP contribution in [0.1, 0.15) is 11.1 Å². The van der Waals surface area contributed by atoms with Crippen molar-refractivity contribution in [3.63, 3.8) is 0 Å². The monoisotopic (exact) mass is 252 g/mol. The highest BCUT2D eigenvalue weighted by Gasteiger charge is 2.03. The van der Waals surface area contributed by atoms with Gasteiger partial charge in [-0.05, 0) is 30.2 Å².